The van der Waals surface area contributed by atoms with E-state index in [-0.39, 0.29) is 32.3 Å². The minimum atomic E-state index is -4.29. The van der Waals surface area contributed by atoms with Crippen LogP contribution in [0.2, 0.25) is 0 Å². The normalized spacial score (nSPS) is 14.0. The molecule has 0 saturated carbocycles. The van der Waals surface area contributed by atoms with Gasteiger partial charge in [-0.3, -0.25) is 13.8 Å². The summed E-state index contributed by atoms with van der Waals surface area (Å²) in [5.41, 5.74) is 5.39. The first-order chi connectivity index (χ1) is 31.4. The molecule has 370 valence electrons. The van der Waals surface area contributed by atoms with E-state index in [9.17, 15) is 14.3 Å². The molecule has 0 aliphatic carbocycles. The van der Waals surface area contributed by atoms with Gasteiger partial charge in [-0.25, -0.2) is 4.57 Å². The fourth-order valence-corrected chi connectivity index (χ4v) is 7.76. The topological polar surface area (TPSA) is 117 Å². The Morgan fingerprint density at radius 2 is 0.875 bits per heavy atom. The van der Waals surface area contributed by atoms with Crippen molar-refractivity contribution in [3.8, 4) is 0 Å². The number of carbonyl (C=O) groups is 1. The molecule has 0 aliphatic heterocycles. The SMILES string of the molecule is CC/C=C\C/C=C\C/C=C\C/C=C\CCCCCCCCCOCC(COP(=O)(O)OCCN)OC(=O)CCCCCCCCCCCC/C=C\C/C=C\C/C=C\CCCCCCC. The van der Waals surface area contributed by atoms with E-state index >= 15 is 0 Å². The Hall–Kier alpha value is -2.32. The van der Waals surface area contributed by atoms with Crippen molar-refractivity contribution >= 4 is 13.8 Å². The van der Waals surface area contributed by atoms with Crippen molar-refractivity contribution in [1.29, 1.82) is 0 Å². The molecule has 0 aromatic heterocycles. The third-order valence-electron chi connectivity index (χ3n) is 10.8. The van der Waals surface area contributed by atoms with Gasteiger partial charge in [0.25, 0.3) is 0 Å². The number of ether oxygens (including phenoxy) is 2. The minimum Gasteiger partial charge on any atom is -0.457 e. The molecule has 0 fully saturated rings. The molecule has 0 spiro atoms. The van der Waals surface area contributed by atoms with Gasteiger partial charge >= 0.3 is 13.8 Å². The number of hydrogen-bond acceptors (Lipinski definition) is 7. The third-order valence-corrected chi connectivity index (χ3v) is 11.8. The van der Waals surface area contributed by atoms with Crippen LogP contribution in [0.3, 0.4) is 0 Å². The number of carbonyl (C=O) groups excluding carboxylic acids is 1. The summed E-state index contributed by atoms with van der Waals surface area (Å²) in [6.45, 7) is 4.77. The van der Waals surface area contributed by atoms with Crippen molar-refractivity contribution in [2.75, 3.05) is 33.0 Å². The van der Waals surface area contributed by atoms with Crippen LogP contribution in [0.5, 0.6) is 0 Å². The number of nitrogens with two attached hydrogens (primary N) is 1. The summed E-state index contributed by atoms with van der Waals surface area (Å²) in [5, 5.41) is 0. The van der Waals surface area contributed by atoms with E-state index in [2.05, 4.69) is 98.9 Å². The van der Waals surface area contributed by atoms with Crippen LogP contribution in [0.25, 0.3) is 0 Å². The monoisotopic (exact) mass is 916 g/mol. The van der Waals surface area contributed by atoms with Crippen molar-refractivity contribution in [2.24, 2.45) is 5.73 Å². The maximum absolute atomic E-state index is 12.7. The summed E-state index contributed by atoms with van der Waals surface area (Å²) < 4.78 is 33.6. The number of unbranched alkanes of at least 4 members (excludes halogenated alkanes) is 22. The highest BCUT2D eigenvalue weighted by molar-refractivity contribution is 7.47. The van der Waals surface area contributed by atoms with Crippen LogP contribution in [0, 0.1) is 0 Å². The van der Waals surface area contributed by atoms with E-state index in [0.717, 1.165) is 83.5 Å². The summed E-state index contributed by atoms with van der Waals surface area (Å²) in [4.78, 5) is 22.6. The Labute approximate surface area is 394 Å². The van der Waals surface area contributed by atoms with Crippen LogP contribution < -0.4 is 5.73 Å². The van der Waals surface area contributed by atoms with Gasteiger partial charge in [-0.15, -0.1) is 0 Å². The standard InChI is InChI=1S/C55H98NO7P/c1-3-5-7-9-11-13-15-17-19-21-23-25-26-27-28-29-30-32-34-36-38-40-42-44-46-48-55(57)63-54(53-62-64(58,59)61-51-49-56)52-60-50-47-45-43-41-39-37-35-33-31-24-22-20-18-16-14-12-10-8-6-4-2/h6,8,12,14-15,17-18,20-21,23-24,26-27,31,54H,3-5,7,9-11,13,16,19,22,25,28-30,32-53,56H2,1-2H3,(H,58,59)/b8-6-,14-12-,17-15-,20-18-,23-21-,27-26-,31-24-. The molecule has 0 radical (unpaired) electrons. The number of allylic oxidation sites excluding steroid dienone is 14. The summed E-state index contributed by atoms with van der Waals surface area (Å²) in [7, 11) is -4.29. The molecule has 2 atom stereocenters. The van der Waals surface area contributed by atoms with E-state index in [0.29, 0.717) is 13.0 Å². The molecule has 64 heavy (non-hydrogen) atoms. The zero-order chi connectivity index (χ0) is 46.5. The van der Waals surface area contributed by atoms with Crippen molar-refractivity contribution in [2.45, 2.75) is 225 Å². The lowest BCUT2D eigenvalue weighted by atomic mass is 10.0. The van der Waals surface area contributed by atoms with Crippen LogP contribution >= 0.6 is 7.82 Å². The average molecular weight is 916 g/mol. The van der Waals surface area contributed by atoms with Gasteiger partial charge in [0.1, 0.15) is 6.10 Å². The molecule has 8 nitrogen and oxygen atoms in total. The van der Waals surface area contributed by atoms with Crippen LogP contribution in [0.15, 0.2) is 85.1 Å². The molecule has 2 unspecified atom stereocenters. The number of rotatable bonds is 49. The fourth-order valence-electron chi connectivity index (χ4n) is 7.00. The highest BCUT2D eigenvalue weighted by atomic mass is 31.2. The maximum atomic E-state index is 12.7. The molecular formula is C55H98NO7P. The van der Waals surface area contributed by atoms with E-state index in [4.69, 9.17) is 24.3 Å². The van der Waals surface area contributed by atoms with Gasteiger partial charge in [-0.1, -0.05) is 208 Å². The first-order valence-corrected chi connectivity index (χ1v) is 27.6. The minimum absolute atomic E-state index is 0.0935. The molecule has 9 heteroatoms. The van der Waals surface area contributed by atoms with Gasteiger partial charge in [-0.05, 0) is 89.9 Å². The van der Waals surface area contributed by atoms with E-state index in [1.807, 2.05) is 0 Å². The maximum Gasteiger partial charge on any atom is 0.472 e. The van der Waals surface area contributed by atoms with Crippen LogP contribution in [0.4, 0.5) is 0 Å². The molecule has 0 saturated heterocycles. The van der Waals surface area contributed by atoms with Crippen LogP contribution in [-0.4, -0.2) is 49.9 Å². The van der Waals surface area contributed by atoms with Gasteiger partial charge in [0.2, 0.25) is 0 Å². The number of phosphoric acid groups is 1. The molecule has 0 aromatic rings. The van der Waals surface area contributed by atoms with Crippen molar-refractivity contribution in [3.05, 3.63) is 85.1 Å². The Balaban J connectivity index is 3.98. The van der Waals surface area contributed by atoms with Gasteiger partial charge in [0.15, 0.2) is 0 Å². The van der Waals surface area contributed by atoms with Gasteiger partial charge in [0, 0.05) is 19.6 Å². The fraction of sp³-hybridized carbons (Fsp3) is 0.727. The lowest BCUT2D eigenvalue weighted by molar-refractivity contribution is -0.154. The van der Waals surface area contributed by atoms with Gasteiger partial charge < -0.3 is 20.1 Å². The highest BCUT2D eigenvalue weighted by Gasteiger charge is 2.25. The Kier molecular flexibility index (Phi) is 49.8. The van der Waals surface area contributed by atoms with E-state index in [1.54, 1.807) is 0 Å². The van der Waals surface area contributed by atoms with Crippen molar-refractivity contribution < 1.29 is 32.8 Å². The first-order valence-electron chi connectivity index (χ1n) is 26.1. The molecule has 0 amide bonds. The second-order valence-electron chi connectivity index (χ2n) is 17.0. The largest absolute Gasteiger partial charge is 0.472 e. The molecule has 3 N–H and O–H groups in total. The molecular weight excluding hydrogens is 818 g/mol. The van der Waals surface area contributed by atoms with E-state index in [1.165, 1.54) is 116 Å². The van der Waals surface area contributed by atoms with Crippen LogP contribution in [-0.2, 0) is 27.9 Å². The second kappa shape index (κ2) is 51.7. The number of hydrogen-bond donors (Lipinski definition) is 2. The summed E-state index contributed by atoms with van der Waals surface area (Å²) in [6, 6.07) is 0. The summed E-state index contributed by atoms with van der Waals surface area (Å²) in [6.07, 6.45) is 67.6. The predicted molar refractivity (Wildman–Crippen MR) is 275 cm³/mol. The molecule has 0 bridgehead atoms. The second-order valence-corrected chi connectivity index (χ2v) is 18.5. The van der Waals surface area contributed by atoms with Crippen molar-refractivity contribution in [3.63, 3.8) is 0 Å². The Bertz CT molecular complexity index is 1260. The molecule has 0 aromatic carbocycles. The smallest absolute Gasteiger partial charge is 0.457 e. The number of esters is 1. The lowest BCUT2D eigenvalue weighted by Crippen LogP contribution is -2.28. The zero-order valence-electron chi connectivity index (χ0n) is 41.2. The quantitative estimate of drug-likeness (QED) is 0.0268. The summed E-state index contributed by atoms with van der Waals surface area (Å²) >= 11 is 0. The molecule has 0 rings (SSSR count). The molecule has 0 aliphatic rings. The zero-order valence-corrected chi connectivity index (χ0v) is 42.1. The van der Waals surface area contributed by atoms with Crippen LogP contribution in [0.1, 0.15) is 219 Å². The highest BCUT2D eigenvalue weighted by Crippen LogP contribution is 2.43. The first kappa shape index (κ1) is 61.7. The van der Waals surface area contributed by atoms with Crippen molar-refractivity contribution in [1.82, 2.24) is 0 Å². The molecule has 0 heterocycles. The van der Waals surface area contributed by atoms with Gasteiger partial charge in [0.05, 0.1) is 19.8 Å². The Morgan fingerprint density at radius 3 is 1.31 bits per heavy atom. The lowest BCUT2D eigenvalue weighted by Gasteiger charge is -2.20. The van der Waals surface area contributed by atoms with Gasteiger partial charge in [-0.2, -0.15) is 0 Å². The number of phosphoric ester groups is 1. The Morgan fingerprint density at radius 1 is 0.484 bits per heavy atom. The van der Waals surface area contributed by atoms with E-state index < -0.39 is 13.9 Å². The third kappa shape index (κ3) is 50.7. The summed E-state index contributed by atoms with van der Waals surface area (Å²) in [5.74, 6) is -0.340. The predicted octanol–water partition coefficient (Wildman–Crippen LogP) is 16.4. The average Bonchev–Trinajstić information content (AvgIpc) is 3.29.